The van der Waals surface area contributed by atoms with Crippen molar-refractivity contribution >= 4 is 38.1 Å². The molecule has 54 heavy (non-hydrogen) atoms. The van der Waals surface area contributed by atoms with Crippen LogP contribution in [0.3, 0.4) is 0 Å². The van der Waals surface area contributed by atoms with Crippen LogP contribution in [0.5, 0.6) is 0 Å². The van der Waals surface area contributed by atoms with Gasteiger partial charge in [0, 0.05) is 25.2 Å². The largest absolute Gasteiger partial charge is 0.393 e. The third-order valence-corrected chi connectivity index (χ3v) is 14.9. The van der Waals surface area contributed by atoms with Gasteiger partial charge in [-0.05, 0) is 76.0 Å². The molecule has 316 valence electrons. The monoisotopic (exact) mass is 808 g/mol. The number of ketones is 2. The van der Waals surface area contributed by atoms with E-state index < -0.39 is 51.1 Å². The molecule has 2 fully saturated rings. The van der Waals surface area contributed by atoms with E-state index in [1.807, 2.05) is 27.7 Å². The van der Waals surface area contributed by atoms with Gasteiger partial charge in [0.2, 0.25) is 26.6 Å². The van der Waals surface area contributed by atoms with Gasteiger partial charge in [-0.3, -0.25) is 28.3 Å². The summed E-state index contributed by atoms with van der Waals surface area (Å²) < 4.78 is 24.8. The second kappa shape index (κ2) is 25.0. The molecule has 0 heterocycles. The Morgan fingerprint density at radius 1 is 0.593 bits per heavy atom. The van der Waals surface area contributed by atoms with E-state index in [1.165, 1.54) is 12.8 Å². The molecule has 2 aliphatic carbocycles. The van der Waals surface area contributed by atoms with Crippen molar-refractivity contribution < 1.29 is 48.3 Å². The first-order valence-corrected chi connectivity index (χ1v) is 24.2. The number of carbonyl (C=O) groups is 4. The summed E-state index contributed by atoms with van der Waals surface area (Å²) >= 11 is 0. The van der Waals surface area contributed by atoms with Crippen LogP contribution in [0, 0.1) is 23.7 Å². The van der Waals surface area contributed by atoms with E-state index in [4.69, 9.17) is 11.5 Å². The van der Waals surface area contributed by atoms with Crippen molar-refractivity contribution in [3.05, 3.63) is 0 Å². The van der Waals surface area contributed by atoms with Crippen molar-refractivity contribution in [2.45, 2.75) is 168 Å². The van der Waals surface area contributed by atoms with Gasteiger partial charge in [-0.25, -0.2) is 0 Å². The molecule has 2 rings (SSSR count). The lowest BCUT2D eigenvalue weighted by molar-refractivity contribution is -0.129. The molecule has 0 aromatic heterocycles. The van der Waals surface area contributed by atoms with E-state index in [0.717, 1.165) is 51.4 Å². The summed E-state index contributed by atoms with van der Waals surface area (Å²) in [4.78, 5) is 68.5. The fourth-order valence-electron chi connectivity index (χ4n) is 6.97. The number of aliphatic hydroxyl groups excluding tert-OH is 2. The minimum atomic E-state index is -3.40. The maximum atomic E-state index is 12.4. The highest BCUT2D eigenvalue weighted by Gasteiger charge is 2.31. The van der Waals surface area contributed by atoms with Crippen molar-refractivity contribution in [3.63, 3.8) is 0 Å². The van der Waals surface area contributed by atoms with Crippen LogP contribution in [0.25, 0.3) is 0 Å². The molecular weight excluding hydrogens is 734 g/mol. The lowest BCUT2D eigenvalue weighted by Gasteiger charge is -2.25. The highest BCUT2D eigenvalue weighted by atomic mass is 31.2. The van der Waals surface area contributed by atoms with Crippen LogP contribution in [0.15, 0.2) is 0 Å². The summed E-state index contributed by atoms with van der Waals surface area (Å²) in [5, 5.41) is 25.4. The number of nitrogens with two attached hydrogens (primary N) is 2. The Kier molecular flexibility index (Phi) is 23.4. The number of hydrogen-bond donors (Lipinski definition) is 8. The maximum Gasteiger partial charge on any atom is 0.237 e. The molecule has 0 aromatic carbocycles. The Morgan fingerprint density at radius 3 is 1.17 bits per heavy atom. The molecule has 2 amide bonds. The van der Waals surface area contributed by atoms with Crippen LogP contribution >= 0.6 is 14.7 Å². The molecule has 2 unspecified atom stereocenters. The first kappa shape index (κ1) is 50.5. The number of nitrogens with one attached hydrogen (secondary N) is 2. The minimum absolute atomic E-state index is 0.0306. The Labute approximate surface area is 324 Å². The van der Waals surface area contributed by atoms with E-state index in [2.05, 4.69) is 10.6 Å². The molecule has 2 saturated carbocycles. The summed E-state index contributed by atoms with van der Waals surface area (Å²) in [6, 6.07) is -2.74. The topological polar surface area (TPSA) is 259 Å². The van der Waals surface area contributed by atoms with Crippen molar-refractivity contribution in [3.8, 4) is 0 Å². The molecule has 8 atom stereocenters. The zero-order valence-electron chi connectivity index (χ0n) is 33.8. The van der Waals surface area contributed by atoms with Crippen LogP contribution in [-0.2, 0) is 28.3 Å². The predicted molar refractivity (Wildman–Crippen MR) is 214 cm³/mol. The van der Waals surface area contributed by atoms with Gasteiger partial charge < -0.3 is 42.1 Å². The Bertz CT molecular complexity index is 1160. The van der Waals surface area contributed by atoms with Crippen molar-refractivity contribution in [1.82, 2.24) is 10.6 Å². The standard InChI is InChI=1S/2C19H37N2O5P/c2*1-13(2)18(20)19(24)21-14(3)17(23)10-9-16(22)12-27(25,26)11-15-7-5-4-6-8-15/h2*13-16,18,22H,4-12,20H2,1-3H3,(H,21,24)(H,25,26)/t14-,16+,18+;14-,16-,18-/m01/s1. The molecule has 2 aliphatic rings. The fourth-order valence-corrected chi connectivity index (χ4v) is 11.3. The first-order chi connectivity index (χ1) is 25.0. The molecule has 14 nitrogen and oxygen atoms in total. The Balaban J connectivity index is 0.000000540. The highest BCUT2D eigenvalue weighted by molar-refractivity contribution is 7.58. The molecule has 10 N–H and O–H groups in total. The van der Waals surface area contributed by atoms with Crippen molar-refractivity contribution in [2.75, 3.05) is 24.6 Å². The van der Waals surface area contributed by atoms with Gasteiger partial charge in [-0.2, -0.15) is 0 Å². The number of aliphatic hydroxyl groups is 2. The highest BCUT2D eigenvalue weighted by Crippen LogP contribution is 2.47. The smallest absolute Gasteiger partial charge is 0.237 e. The number of rotatable bonds is 22. The first-order valence-electron chi connectivity index (χ1n) is 20.2. The van der Waals surface area contributed by atoms with Crippen LogP contribution in [-0.4, -0.2) is 104 Å². The van der Waals surface area contributed by atoms with Crippen LogP contribution < -0.4 is 22.1 Å². The molecular formula is C38H74N4O10P2. The molecule has 0 spiro atoms. The van der Waals surface area contributed by atoms with E-state index >= 15 is 0 Å². The Morgan fingerprint density at radius 2 is 0.889 bits per heavy atom. The van der Waals surface area contributed by atoms with E-state index in [-0.39, 0.29) is 97.4 Å². The SMILES string of the molecule is CC(C)[C@@H](N)C(=O)N[C@@H](C)C(=O)CC[C@@H](O)CP(=O)(O)CC1CCCCC1.CC(C)[C@@H](N)C(=O)N[C@H](C)C(=O)CC[C@@H](O)CP(=O)(O)CC1CCCCC1. The molecule has 16 heteroatoms. The third-order valence-electron chi connectivity index (χ3n) is 10.7. The quantitative estimate of drug-likeness (QED) is 0.0721. The third kappa shape index (κ3) is 21.1. The zero-order valence-corrected chi connectivity index (χ0v) is 35.6. The number of carbonyl (C=O) groups excluding carboxylic acids is 4. The van der Waals surface area contributed by atoms with Crippen molar-refractivity contribution in [2.24, 2.45) is 35.1 Å². The van der Waals surface area contributed by atoms with Crippen LogP contribution in [0.2, 0.25) is 0 Å². The second-order valence-electron chi connectivity index (χ2n) is 16.7. The number of hydrogen-bond acceptors (Lipinski definition) is 10. The van der Waals surface area contributed by atoms with E-state index in [0.29, 0.717) is 0 Å². The summed E-state index contributed by atoms with van der Waals surface area (Å²) in [6.45, 7) is 10.5. The van der Waals surface area contributed by atoms with E-state index in [9.17, 15) is 48.3 Å². The molecule has 0 aliphatic heterocycles. The molecule has 0 radical (unpaired) electrons. The maximum absolute atomic E-state index is 12.4. The second-order valence-corrected chi connectivity index (χ2v) is 21.6. The Hall–Kier alpha value is -1.50. The number of Topliss-reactive ketones (excluding diaryl/α,β-unsaturated/α-hetero) is 2. The predicted octanol–water partition coefficient (Wildman–Crippen LogP) is 4.07. The van der Waals surface area contributed by atoms with Crippen LogP contribution in [0.1, 0.15) is 131 Å². The minimum Gasteiger partial charge on any atom is -0.393 e. The fraction of sp³-hybridized carbons (Fsp3) is 0.895. The van der Waals surface area contributed by atoms with Gasteiger partial charge in [-0.1, -0.05) is 66.2 Å². The summed E-state index contributed by atoms with van der Waals surface area (Å²) in [7, 11) is -6.79. The van der Waals surface area contributed by atoms with Gasteiger partial charge >= 0.3 is 0 Å². The lowest BCUT2D eigenvalue weighted by atomic mass is 9.91. The van der Waals surface area contributed by atoms with E-state index in [1.54, 1.807) is 13.8 Å². The van der Waals surface area contributed by atoms with Gasteiger partial charge in [0.05, 0.1) is 48.7 Å². The number of amides is 2. The molecule has 0 aromatic rings. The van der Waals surface area contributed by atoms with Crippen LogP contribution in [0.4, 0.5) is 0 Å². The summed E-state index contributed by atoms with van der Waals surface area (Å²) in [5.41, 5.74) is 11.5. The normalized spacial score (nSPS) is 21.3. The van der Waals surface area contributed by atoms with Crippen molar-refractivity contribution in [1.29, 1.82) is 0 Å². The van der Waals surface area contributed by atoms with Gasteiger partial charge in [0.1, 0.15) is 0 Å². The zero-order chi connectivity index (χ0) is 41.2. The average Bonchev–Trinajstić information content (AvgIpc) is 3.08. The summed E-state index contributed by atoms with van der Waals surface area (Å²) in [6.07, 6.45) is 9.23. The lowest BCUT2D eigenvalue weighted by Crippen LogP contribution is -2.49. The molecule has 0 saturated heterocycles. The van der Waals surface area contributed by atoms with Gasteiger partial charge in [-0.15, -0.1) is 0 Å². The van der Waals surface area contributed by atoms with Gasteiger partial charge in [0.15, 0.2) is 11.6 Å². The van der Waals surface area contributed by atoms with Gasteiger partial charge in [0.25, 0.3) is 0 Å². The average molecular weight is 809 g/mol. The molecule has 0 bridgehead atoms. The summed E-state index contributed by atoms with van der Waals surface area (Å²) in [5.74, 6) is -0.726.